The average molecular weight is 283 g/mol. The van der Waals surface area contributed by atoms with Crippen LogP contribution in [0.15, 0.2) is 30.6 Å². The Bertz CT molecular complexity index is 708. The van der Waals surface area contributed by atoms with Crippen molar-refractivity contribution in [3.8, 4) is 11.8 Å². The maximum absolute atomic E-state index is 12.3. The fraction of sp³-hybridized carbons (Fsp3) is 0.250. The fourth-order valence-electron chi connectivity index (χ4n) is 1.86. The number of aryl methyl sites for hydroxylation is 2. The summed E-state index contributed by atoms with van der Waals surface area (Å²) >= 11 is 0. The van der Waals surface area contributed by atoms with E-state index in [1.54, 1.807) is 30.2 Å². The molecule has 0 spiro atoms. The van der Waals surface area contributed by atoms with Crippen LogP contribution in [0.3, 0.4) is 0 Å². The third kappa shape index (κ3) is 3.94. The first-order valence-electron chi connectivity index (χ1n) is 6.60. The number of benzene rings is 1. The molecule has 0 radical (unpaired) electrons. The Hall–Kier alpha value is -2.58. The van der Waals surface area contributed by atoms with E-state index in [-0.39, 0.29) is 12.5 Å². The highest BCUT2D eigenvalue weighted by atomic mass is 16.2. The molecule has 5 heteroatoms. The maximum atomic E-state index is 12.3. The zero-order chi connectivity index (χ0) is 15.2. The number of aliphatic hydroxyl groups is 1. The van der Waals surface area contributed by atoms with Crippen LogP contribution in [0.4, 0.5) is 5.69 Å². The lowest BCUT2D eigenvalue weighted by atomic mass is 10.0. The van der Waals surface area contributed by atoms with E-state index in [0.717, 1.165) is 5.56 Å². The molecule has 5 nitrogen and oxygen atoms in total. The van der Waals surface area contributed by atoms with Gasteiger partial charge in [-0.15, -0.1) is 0 Å². The topological polar surface area (TPSA) is 67.2 Å². The minimum atomic E-state index is -0.226. The molecule has 21 heavy (non-hydrogen) atoms. The van der Waals surface area contributed by atoms with Gasteiger partial charge in [0, 0.05) is 25.2 Å². The summed E-state index contributed by atoms with van der Waals surface area (Å²) in [5.74, 6) is 5.55. The van der Waals surface area contributed by atoms with Gasteiger partial charge in [0.25, 0.3) is 5.91 Å². The smallest absolute Gasteiger partial charge is 0.257 e. The van der Waals surface area contributed by atoms with Crippen molar-refractivity contribution in [2.75, 3.05) is 11.9 Å². The number of aliphatic hydroxyl groups excluding tert-OH is 1. The number of anilines is 1. The molecule has 0 saturated carbocycles. The van der Waals surface area contributed by atoms with E-state index in [0.29, 0.717) is 23.2 Å². The summed E-state index contributed by atoms with van der Waals surface area (Å²) in [6, 6.07) is 5.49. The molecular formula is C16H17N3O2. The molecule has 0 fully saturated rings. The number of hydrogen-bond acceptors (Lipinski definition) is 3. The number of amides is 1. The van der Waals surface area contributed by atoms with Crippen LogP contribution < -0.4 is 5.32 Å². The molecule has 2 rings (SSSR count). The van der Waals surface area contributed by atoms with Crippen molar-refractivity contribution < 1.29 is 9.90 Å². The second-order valence-corrected chi connectivity index (χ2v) is 4.68. The summed E-state index contributed by atoms with van der Waals surface area (Å²) < 4.78 is 1.62. The maximum Gasteiger partial charge on any atom is 0.257 e. The summed E-state index contributed by atoms with van der Waals surface area (Å²) in [5.41, 5.74) is 2.83. The van der Waals surface area contributed by atoms with Crippen molar-refractivity contribution in [1.29, 1.82) is 0 Å². The highest BCUT2D eigenvalue weighted by Crippen LogP contribution is 2.14. The van der Waals surface area contributed by atoms with E-state index in [2.05, 4.69) is 22.3 Å². The molecule has 0 aliphatic heterocycles. The van der Waals surface area contributed by atoms with Crippen molar-refractivity contribution in [3.63, 3.8) is 0 Å². The molecule has 0 atom stereocenters. The number of aromatic nitrogens is 2. The Kier molecular flexibility index (Phi) is 4.75. The molecule has 108 valence electrons. The van der Waals surface area contributed by atoms with Crippen molar-refractivity contribution in [2.24, 2.45) is 7.05 Å². The average Bonchev–Trinajstić information content (AvgIpc) is 2.84. The van der Waals surface area contributed by atoms with Gasteiger partial charge >= 0.3 is 0 Å². The van der Waals surface area contributed by atoms with Gasteiger partial charge in [-0.2, -0.15) is 5.10 Å². The third-order valence-electron chi connectivity index (χ3n) is 2.84. The molecule has 2 aromatic rings. The molecule has 1 aromatic carbocycles. The zero-order valence-corrected chi connectivity index (χ0v) is 12.1. The lowest BCUT2D eigenvalue weighted by Crippen LogP contribution is -2.13. The summed E-state index contributed by atoms with van der Waals surface area (Å²) in [7, 11) is 1.79. The number of hydrogen-bond donors (Lipinski definition) is 2. The van der Waals surface area contributed by atoms with Gasteiger partial charge in [0.15, 0.2) is 0 Å². The van der Waals surface area contributed by atoms with Crippen LogP contribution in [0.25, 0.3) is 0 Å². The molecule has 1 heterocycles. The zero-order valence-electron chi connectivity index (χ0n) is 12.1. The first-order chi connectivity index (χ1) is 10.1. The van der Waals surface area contributed by atoms with Crippen LogP contribution in [-0.4, -0.2) is 27.4 Å². The van der Waals surface area contributed by atoms with Gasteiger partial charge in [-0.3, -0.25) is 9.48 Å². The molecule has 2 N–H and O–H groups in total. The molecule has 0 unspecified atom stereocenters. The quantitative estimate of drug-likeness (QED) is 0.843. The first-order valence-corrected chi connectivity index (χ1v) is 6.60. The molecule has 0 aliphatic rings. The number of carbonyl (C=O) groups is 1. The van der Waals surface area contributed by atoms with Gasteiger partial charge < -0.3 is 10.4 Å². The minimum Gasteiger partial charge on any atom is -0.395 e. The number of nitrogens with zero attached hydrogens (tertiary/aromatic N) is 2. The summed E-state index contributed by atoms with van der Waals surface area (Å²) in [6.45, 7) is 1.95. The number of rotatable bonds is 3. The minimum absolute atomic E-state index is 0.00995. The molecule has 0 saturated heterocycles. The van der Waals surface area contributed by atoms with Crippen LogP contribution in [-0.2, 0) is 7.05 Å². The largest absolute Gasteiger partial charge is 0.395 e. The monoisotopic (exact) mass is 283 g/mol. The second-order valence-electron chi connectivity index (χ2n) is 4.68. The Balaban J connectivity index is 2.26. The third-order valence-corrected chi connectivity index (χ3v) is 2.84. The summed E-state index contributed by atoms with van der Waals surface area (Å²) in [5, 5.41) is 15.6. The van der Waals surface area contributed by atoms with Crippen LogP contribution in [0.1, 0.15) is 27.9 Å². The Morgan fingerprint density at radius 3 is 2.95 bits per heavy atom. The van der Waals surface area contributed by atoms with Crippen molar-refractivity contribution in [3.05, 3.63) is 47.3 Å². The number of nitrogens with one attached hydrogen (secondary N) is 1. The molecular weight excluding hydrogens is 266 g/mol. The van der Waals surface area contributed by atoms with Gasteiger partial charge in [-0.25, -0.2) is 0 Å². The van der Waals surface area contributed by atoms with E-state index in [1.807, 2.05) is 19.1 Å². The van der Waals surface area contributed by atoms with Crippen LogP contribution >= 0.6 is 0 Å². The molecule has 0 aliphatic carbocycles. The van der Waals surface area contributed by atoms with Crippen molar-refractivity contribution in [2.45, 2.75) is 13.3 Å². The lowest BCUT2D eigenvalue weighted by molar-refractivity contribution is 0.102. The van der Waals surface area contributed by atoms with Gasteiger partial charge in [0.2, 0.25) is 0 Å². The van der Waals surface area contributed by atoms with Gasteiger partial charge in [-0.05, 0) is 24.6 Å². The standard InChI is InChI=1S/C16H17N3O2/c1-12-6-7-15(13(9-12)5-3-4-8-20)16(21)18-14-10-17-19(2)11-14/h6-7,9-11,20H,4,8H2,1-2H3,(H,18,21). The predicted molar refractivity (Wildman–Crippen MR) is 80.9 cm³/mol. The number of carbonyl (C=O) groups excluding carboxylic acids is 1. The van der Waals surface area contributed by atoms with Crippen LogP contribution in [0, 0.1) is 18.8 Å². The van der Waals surface area contributed by atoms with E-state index in [1.165, 1.54) is 0 Å². The first kappa shape index (κ1) is 14.8. The lowest BCUT2D eigenvalue weighted by Gasteiger charge is -2.06. The van der Waals surface area contributed by atoms with Crippen LogP contribution in [0.2, 0.25) is 0 Å². The van der Waals surface area contributed by atoms with Crippen molar-refractivity contribution >= 4 is 11.6 Å². The normalized spacial score (nSPS) is 9.86. The van der Waals surface area contributed by atoms with Gasteiger partial charge in [-0.1, -0.05) is 17.9 Å². The molecule has 0 bridgehead atoms. The Morgan fingerprint density at radius 2 is 2.29 bits per heavy atom. The van der Waals surface area contributed by atoms with E-state index >= 15 is 0 Å². The Morgan fingerprint density at radius 1 is 1.48 bits per heavy atom. The predicted octanol–water partition coefficient (Wildman–Crippen LogP) is 1.71. The second kappa shape index (κ2) is 6.73. The fourth-order valence-corrected chi connectivity index (χ4v) is 1.86. The summed E-state index contributed by atoms with van der Waals surface area (Å²) in [6.07, 6.45) is 3.70. The molecule has 1 aromatic heterocycles. The van der Waals surface area contributed by atoms with Gasteiger partial charge in [0.1, 0.15) is 0 Å². The Labute approximate surface area is 123 Å². The SMILES string of the molecule is Cc1ccc(C(=O)Nc2cnn(C)c2)c(C#CCCO)c1. The highest BCUT2D eigenvalue weighted by Gasteiger charge is 2.11. The molecule has 1 amide bonds. The van der Waals surface area contributed by atoms with E-state index in [4.69, 9.17) is 5.11 Å². The summed E-state index contributed by atoms with van der Waals surface area (Å²) in [4.78, 5) is 12.3. The van der Waals surface area contributed by atoms with Crippen molar-refractivity contribution in [1.82, 2.24) is 9.78 Å². The van der Waals surface area contributed by atoms with Crippen LogP contribution in [0.5, 0.6) is 0 Å². The highest BCUT2D eigenvalue weighted by molar-refractivity contribution is 6.05. The van der Waals surface area contributed by atoms with Gasteiger partial charge in [0.05, 0.1) is 24.1 Å². The van der Waals surface area contributed by atoms with E-state index in [9.17, 15) is 4.79 Å². The van der Waals surface area contributed by atoms with E-state index < -0.39 is 0 Å².